The zero-order valence-electron chi connectivity index (χ0n) is 16.7. The van der Waals surface area contributed by atoms with Crippen molar-refractivity contribution >= 4 is 22.8 Å². The maximum Gasteiger partial charge on any atom is 0.262 e. The lowest BCUT2D eigenvalue weighted by atomic mass is 10.0. The highest BCUT2D eigenvalue weighted by atomic mass is 16.5. The van der Waals surface area contributed by atoms with Gasteiger partial charge in [-0.05, 0) is 41.8 Å². The predicted molar refractivity (Wildman–Crippen MR) is 116 cm³/mol. The van der Waals surface area contributed by atoms with Gasteiger partial charge in [0.25, 0.3) is 5.91 Å². The second kappa shape index (κ2) is 9.57. The van der Waals surface area contributed by atoms with Crippen molar-refractivity contribution in [1.82, 2.24) is 5.32 Å². The average molecular weight is 384 g/mol. The van der Waals surface area contributed by atoms with Crippen molar-refractivity contribution in [3.8, 4) is 11.8 Å². The molecule has 0 radical (unpaired) electrons. The first kappa shape index (κ1) is 20.2. The van der Waals surface area contributed by atoms with Crippen molar-refractivity contribution in [2.45, 2.75) is 26.3 Å². The summed E-state index contributed by atoms with van der Waals surface area (Å²) in [4.78, 5) is 12.8. The van der Waals surface area contributed by atoms with Gasteiger partial charge in [0, 0.05) is 5.56 Å². The number of hydrogen-bond donors (Lipinski definition) is 1. The molecule has 0 fully saturated rings. The summed E-state index contributed by atoms with van der Waals surface area (Å²) in [6.45, 7) is 4.50. The van der Waals surface area contributed by atoms with Crippen molar-refractivity contribution in [3.05, 3.63) is 83.4 Å². The Balaban J connectivity index is 1.96. The van der Waals surface area contributed by atoms with E-state index in [2.05, 4.69) is 5.32 Å². The molecule has 0 heterocycles. The Bertz CT molecular complexity index is 1070. The number of hydrogen-bond acceptors (Lipinski definition) is 3. The predicted octanol–water partition coefficient (Wildman–Crippen LogP) is 5.41. The molecule has 4 heteroatoms. The number of nitrogens with zero attached hydrogens (tertiary/aromatic N) is 1. The summed E-state index contributed by atoms with van der Waals surface area (Å²) in [6, 6.07) is 23.3. The van der Waals surface area contributed by atoms with Crippen molar-refractivity contribution in [3.63, 3.8) is 0 Å². The molecule has 3 rings (SSSR count). The second-order valence-corrected chi connectivity index (χ2v) is 6.82. The number of ether oxygens (including phenoxy) is 1. The maximum atomic E-state index is 12.8. The first-order valence-corrected chi connectivity index (χ1v) is 9.76. The summed E-state index contributed by atoms with van der Waals surface area (Å²) in [5.74, 6) is 0.264. The van der Waals surface area contributed by atoms with Crippen LogP contribution < -0.4 is 10.1 Å². The number of nitrogens with one attached hydrogen (secondary N) is 1. The van der Waals surface area contributed by atoms with Crippen LogP contribution in [0.2, 0.25) is 0 Å². The SMILES string of the molecule is CCCOc1ccc2ccccc2c1/C=C(\C#N)C(=O)N[C@@H](C)c1ccccc1. The van der Waals surface area contributed by atoms with E-state index in [1.807, 2.05) is 86.6 Å². The van der Waals surface area contributed by atoms with Crippen LogP contribution in [0.25, 0.3) is 16.8 Å². The normalized spacial score (nSPS) is 12.2. The number of carbonyl (C=O) groups is 1. The lowest BCUT2D eigenvalue weighted by molar-refractivity contribution is -0.117. The Morgan fingerprint density at radius 3 is 2.55 bits per heavy atom. The first-order chi connectivity index (χ1) is 14.1. The van der Waals surface area contributed by atoms with E-state index in [1.54, 1.807) is 6.08 Å². The summed E-state index contributed by atoms with van der Waals surface area (Å²) >= 11 is 0. The third-order valence-electron chi connectivity index (χ3n) is 4.69. The van der Waals surface area contributed by atoms with Gasteiger partial charge in [-0.3, -0.25) is 4.79 Å². The van der Waals surface area contributed by atoms with Crippen molar-refractivity contribution in [2.75, 3.05) is 6.61 Å². The molecule has 1 N–H and O–H groups in total. The van der Waals surface area contributed by atoms with Gasteiger partial charge in [-0.1, -0.05) is 67.6 Å². The number of nitriles is 1. The van der Waals surface area contributed by atoms with Gasteiger partial charge in [0.05, 0.1) is 12.6 Å². The van der Waals surface area contributed by atoms with E-state index in [-0.39, 0.29) is 11.6 Å². The third kappa shape index (κ3) is 4.83. The Morgan fingerprint density at radius 1 is 1.10 bits per heavy atom. The number of amides is 1. The average Bonchev–Trinajstić information content (AvgIpc) is 2.76. The van der Waals surface area contributed by atoms with Crippen LogP contribution in [0.3, 0.4) is 0 Å². The monoisotopic (exact) mass is 384 g/mol. The van der Waals surface area contributed by atoms with Crippen LogP contribution in [0.1, 0.15) is 37.4 Å². The lowest BCUT2D eigenvalue weighted by Crippen LogP contribution is -2.27. The molecule has 0 unspecified atom stereocenters. The Kier molecular flexibility index (Phi) is 6.65. The molecule has 0 aromatic heterocycles. The summed E-state index contributed by atoms with van der Waals surface area (Å²) in [5.41, 5.74) is 1.77. The van der Waals surface area contributed by atoms with E-state index in [0.29, 0.717) is 12.4 Å². The van der Waals surface area contributed by atoms with Gasteiger partial charge in [-0.15, -0.1) is 0 Å². The topological polar surface area (TPSA) is 62.1 Å². The standard InChI is InChI=1S/C25H24N2O2/c1-3-15-29-24-14-13-20-11-7-8-12-22(20)23(24)16-21(17-26)25(28)27-18(2)19-9-5-4-6-10-19/h4-14,16,18H,3,15H2,1-2H3,(H,27,28)/b21-16+/t18-/m0/s1. The number of fused-ring (bicyclic) bond motifs is 1. The van der Waals surface area contributed by atoms with Crippen LogP contribution in [0.4, 0.5) is 0 Å². The molecule has 4 nitrogen and oxygen atoms in total. The third-order valence-corrected chi connectivity index (χ3v) is 4.69. The maximum absolute atomic E-state index is 12.8. The van der Waals surface area contributed by atoms with Crippen LogP contribution in [0.15, 0.2) is 72.3 Å². The minimum atomic E-state index is -0.404. The molecule has 29 heavy (non-hydrogen) atoms. The summed E-state index contributed by atoms with van der Waals surface area (Å²) in [6.07, 6.45) is 2.50. The largest absolute Gasteiger partial charge is 0.493 e. The number of rotatable bonds is 7. The molecular weight excluding hydrogens is 360 g/mol. The molecule has 0 aliphatic rings. The smallest absolute Gasteiger partial charge is 0.262 e. The van der Waals surface area contributed by atoms with Gasteiger partial charge in [-0.2, -0.15) is 5.26 Å². The van der Waals surface area contributed by atoms with Gasteiger partial charge >= 0.3 is 0 Å². The van der Waals surface area contributed by atoms with Gasteiger partial charge in [0.15, 0.2) is 0 Å². The molecule has 0 saturated heterocycles. The molecule has 3 aromatic rings. The van der Waals surface area contributed by atoms with Gasteiger partial charge in [0.2, 0.25) is 0 Å². The van der Waals surface area contributed by atoms with Crippen molar-refractivity contribution in [1.29, 1.82) is 5.26 Å². The molecular formula is C25H24N2O2. The zero-order valence-corrected chi connectivity index (χ0v) is 16.7. The summed E-state index contributed by atoms with van der Waals surface area (Å²) < 4.78 is 5.88. The Hall–Kier alpha value is -3.58. The van der Waals surface area contributed by atoms with E-state index < -0.39 is 5.91 Å². The van der Waals surface area contributed by atoms with Crippen LogP contribution in [0, 0.1) is 11.3 Å². The summed E-state index contributed by atoms with van der Waals surface area (Å²) in [5, 5.41) is 14.5. The van der Waals surface area contributed by atoms with Gasteiger partial charge in [-0.25, -0.2) is 0 Å². The first-order valence-electron chi connectivity index (χ1n) is 9.76. The van der Waals surface area contributed by atoms with E-state index >= 15 is 0 Å². The minimum Gasteiger partial charge on any atom is -0.493 e. The highest BCUT2D eigenvalue weighted by molar-refractivity contribution is 6.05. The van der Waals surface area contributed by atoms with E-state index in [1.165, 1.54) is 0 Å². The van der Waals surface area contributed by atoms with E-state index in [0.717, 1.165) is 28.3 Å². The molecule has 0 saturated carbocycles. The van der Waals surface area contributed by atoms with Gasteiger partial charge in [0.1, 0.15) is 17.4 Å². The summed E-state index contributed by atoms with van der Waals surface area (Å²) in [7, 11) is 0. The molecule has 0 spiro atoms. The zero-order chi connectivity index (χ0) is 20.6. The quantitative estimate of drug-likeness (QED) is 0.437. The number of benzene rings is 3. The second-order valence-electron chi connectivity index (χ2n) is 6.82. The molecule has 1 amide bonds. The molecule has 0 aliphatic carbocycles. The van der Waals surface area contributed by atoms with Crippen LogP contribution in [-0.2, 0) is 4.79 Å². The van der Waals surface area contributed by atoms with Crippen LogP contribution in [-0.4, -0.2) is 12.5 Å². The lowest BCUT2D eigenvalue weighted by Gasteiger charge is -2.15. The van der Waals surface area contributed by atoms with Crippen LogP contribution in [0.5, 0.6) is 5.75 Å². The highest BCUT2D eigenvalue weighted by Gasteiger charge is 2.16. The van der Waals surface area contributed by atoms with E-state index in [4.69, 9.17) is 4.74 Å². The Morgan fingerprint density at radius 2 is 1.83 bits per heavy atom. The molecule has 146 valence electrons. The fourth-order valence-electron chi connectivity index (χ4n) is 3.15. The van der Waals surface area contributed by atoms with Crippen LogP contribution >= 0.6 is 0 Å². The number of carbonyl (C=O) groups excluding carboxylic acids is 1. The minimum absolute atomic E-state index is 0.0467. The van der Waals surface area contributed by atoms with Crippen molar-refractivity contribution < 1.29 is 9.53 Å². The highest BCUT2D eigenvalue weighted by Crippen LogP contribution is 2.30. The van der Waals surface area contributed by atoms with E-state index in [9.17, 15) is 10.1 Å². The molecule has 0 bridgehead atoms. The molecule has 0 aliphatic heterocycles. The molecule has 1 atom stereocenters. The van der Waals surface area contributed by atoms with Crippen molar-refractivity contribution in [2.24, 2.45) is 0 Å². The fourth-order valence-corrected chi connectivity index (χ4v) is 3.15. The Labute approximate surface area is 171 Å². The van der Waals surface area contributed by atoms with Gasteiger partial charge < -0.3 is 10.1 Å². The fraction of sp³-hybridized carbons (Fsp3) is 0.200. The molecule has 3 aromatic carbocycles.